The number of ether oxygens (including phenoxy) is 3. The summed E-state index contributed by atoms with van der Waals surface area (Å²) in [5.41, 5.74) is 4.98. The van der Waals surface area contributed by atoms with Crippen molar-refractivity contribution >= 4 is 11.6 Å². The second kappa shape index (κ2) is 10.4. The fraction of sp³-hybridized carbons (Fsp3) is 0.393. The van der Waals surface area contributed by atoms with Crippen molar-refractivity contribution in [2.45, 2.75) is 32.4 Å². The third kappa shape index (κ3) is 4.58. The Morgan fingerprint density at radius 2 is 1.77 bits per heavy atom. The SMILES string of the molecule is COc1cccc(-c2ccn(-c3nc(N4CCOCC4)n4nc(-c5cc(C)n(C6CCCCO6)n5)cc4n3)n2)c1. The van der Waals surface area contributed by atoms with Gasteiger partial charge in [0.05, 0.1) is 26.0 Å². The molecule has 5 aromatic rings. The van der Waals surface area contributed by atoms with Gasteiger partial charge in [-0.25, -0.2) is 9.36 Å². The summed E-state index contributed by atoms with van der Waals surface area (Å²) in [6.45, 7) is 5.49. The van der Waals surface area contributed by atoms with E-state index in [0.29, 0.717) is 43.8 Å². The maximum Gasteiger partial charge on any atom is 0.255 e. The van der Waals surface area contributed by atoms with Crippen LogP contribution >= 0.6 is 0 Å². The molecule has 2 saturated heterocycles. The number of benzene rings is 1. The van der Waals surface area contributed by atoms with Gasteiger partial charge in [-0.05, 0) is 50.5 Å². The first-order valence-electron chi connectivity index (χ1n) is 13.7. The monoisotopic (exact) mass is 541 g/mol. The zero-order chi connectivity index (χ0) is 27.1. The van der Waals surface area contributed by atoms with E-state index in [1.807, 2.05) is 47.3 Å². The van der Waals surface area contributed by atoms with Crippen molar-refractivity contribution in [2.24, 2.45) is 0 Å². The summed E-state index contributed by atoms with van der Waals surface area (Å²) >= 11 is 0. The summed E-state index contributed by atoms with van der Waals surface area (Å²) in [5, 5.41) is 14.6. The number of aromatic nitrogens is 8. The summed E-state index contributed by atoms with van der Waals surface area (Å²) < 4.78 is 22.4. The molecule has 2 aliphatic rings. The Morgan fingerprint density at radius 1 is 0.900 bits per heavy atom. The minimum Gasteiger partial charge on any atom is -0.497 e. The van der Waals surface area contributed by atoms with E-state index >= 15 is 0 Å². The van der Waals surface area contributed by atoms with Gasteiger partial charge in [0, 0.05) is 43.2 Å². The summed E-state index contributed by atoms with van der Waals surface area (Å²) in [5.74, 6) is 1.94. The van der Waals surface area contributed by atoms with Crippen LogP contribution in [0.5, 0.6) is 5.75 Å². The minimum absolute atomic E-state index is 0.0339. The first-order valence-corrected chi connectivity index (χ1v) is 13.7. The van der Waals surface area contributed by atoms with E-state index in [1.165, 1.54) is 0 Å². The third-order valence-corrected chi connectivity index (χ3v) is 7.36. The zero-order valence-corrected chi connectivity index (χ0v) is 22.6. The fourth-order valence-corrected chi connectivity index (χ4v) is 5.25. The highest BCUT2D eigenvalue weighted by molar-refractivity contribution is 5.64. The molecule has 1 unspecified atom stereocenters. The molecule has 0 radical (unpaired) electrons. The van der Waals surface area contributed by atoms with Gasteiger partial charge in [0.2, 0.25) is 5.95 Å². The molecule has 40 heavy (non-hydrogen) atoms. The molecular formula is C28H31N9O3. The maximum absolute atomic E-state index is 5.98. The van der Waals surface area contributed by atoms with E-state index < -0.39 is 0 Å². The minimum atomic E-state index is -0.0339. The van der Waals surface area contributed by atoms with Gasteiger partial charge in [-0.2, -0.15) is 29.8 Å². The number of nitrogens with zero attached hydrogens (tertiary/aromatic N) is 9. The van der Waals surface area contributed by atoms with Crippen LogP contribution in [0.2, 0.25) is 0 Å². The summed E-state index contributed by atoms with van der Waals surface area (Å²) in [6.07, 6.45) is 5.04. The van der Waals surface area contributed by atoms with Crippen LogP contribution in [0.1, 0.15) is 31.2 Å². The fourth-order valence-electron chi connectivity index (χ4n) is 5.25. The standard InChI is InChI=1S/C28H31N9O3/c1-19-16-23(32-36(19)26-8-3-4-13-40-26)24-18-25-29-27(30-28(37(25)33-24)34-11-14-39-15-12-34)35-10-9-22(31-35)20-6-5-7-21(17-20)38-2/h5-7,9-10,16-18,26H,3-4,8,11-15H2,1-2H3. The van der Waals surface area contributed by atoms with Gasteiger partial charge >= 0.3 is 0 Å². The maximum atomic E-state index is 5.98. The lowest BCUT2D eigenvalue weighted by molar-refractivity contribution is -0.0405. The second-order valence-electron chi connectivity index (χ2n) is 10.0. The predicted molar refractivity (Wildman–Crippen MR) is 148 cm³/mol. The van der Waals surface area contributed by atoms with Crippen LogP contribution in [-0.4, -0.2) is 79.2 Å². The van der Waals surface area contributed by atoms with Crippen molar-refractivity contribution in [3.8, 4) is 34.3 Å². The molecule has 0 amide bonds. The number of hydrogen-bond acceptors (Lipinski definition) is 9. The average molecular weight is 542 g/mol. The molecule has 2 aliphatic heterocycles. The van der Waals surface area contributed by atoms with Crippen LogP contribution in [-0.2, 0) is 9.47 Å². The molecule has 4 aromatic heterocycles. The van der Waals surface area contributed by atoms with Crippen LogP contribution < -0.4 is 9.64 Å². The van der Waals surface area contributed by atoms with Crippen LogP contribution in [0, 0.1) is 6.92 Å². The number of methoxy groups -OCH3 is 1. The highest BCUT2D eigenvalue weighted by Gasteiger charge is 2.23. The van der Waals surface area contributed by atoms with E-state index in [4.69, 9.17) is 39.5 Å². The lowest BCUT2D eigenvalue weighted by Crippen LogP contribution is -2.38. The molecule has 0 aliphatic carbocycles. The number of aryl methyl sites for hydroxylation is 1. The molecule has 1 atom stereocenters. The van der Waals surface area contributed by atoms with Gasteiger partial charge < -0.3 is 19.1 Å². The molecule has 0 spiro atoms. The Balaban J connectivity index is 1.29. The van der Waals surface area contributed by atoms with E-state index in [-0.39, 0.29) is 6.23 Å². The Kier molecular flexibility index (Phi) is 6.40. The quantitative estimate of drug-likeness (QED) is 0.318. The topological polar surface area (TPSA) is 110 Å². The van der Waals surface area contributed by atoms with Gasteiger partial charge in [-0.3, -0.25) is 0 Å². The number of hydrogen-bond donors (Lipinski definition) is 0. The first kappa shape index (κ1) is 24.7. The molecule has 1 aromatic carbocycles. The molecule has 7 rings (SSSR count). The smallest absolute Gasteiger partial charge is 0.255 e. The molecule has 0 N–H and O–H groups in total. The number of morpholine rings is 1. The van der Waals surface area contributed by atoms with Gasteiger partial charge in [0.1, 0.15) is 23.4 Å². The van der Waals surface area contributed by atoms with Crippen LogP contribution in [0.15, 0.2) is 48.7 Å². The summed E-state index contributed by atoms with van der Waals surface area (Å²) in [4.78, 5) is 12.0. The van der Waals surface area contributed by atoms with Gasteiger partial charge in [0.15, 0.2) is 5.65 Å². The molecule has 12 nitrogen and oxygen atoms in total. The van der Waals surface area contributed by atoms with Crippen molar-refractivity contribution in [3.05, 3.63) is 54.4 Å². The van der Waals surface area contributed by atoms with Crippen LogP contribution in [0.25, 0.3) is 34.2 Å². The first-order chi connectivity index (χ1) is 19.7. The van der Waals surface area contributed by atoms with Crippen LogP contribution in [0.3, 0.4) is 0 Å². The highest BCUT2D eigenvalue weighted by atomic mass is 16.5. The van der Waals surface area contributed by atoms with E-state index in [0.717, 1.165) is 60.0 Å². The van der Waals surface area contributed by atoms with Gasteiger partial charge in [-0.1, -0.05) is 12.1 Å². The Hall–Kier alpha value is -4.29. The number of rotatable bonds is 6. The van der Waals surface area contributed by atoms with E-state index in [2.05, 4.69) is 17.9 Å². The normalized spacial score (nSPS) is 17.9. The highest BCUT2D eigenvalue weighted by Crippen LogP contribution is 2.28. The van der Waals surface area contributed by atoms with Crippen molar-refractivity contribution in [1.82, 2.24) is 39.1 Å². The molecule has 0 bridgehead atoms. The lowest BCUT2D eigenvalue weighted by atomic mass is 10.1. The van der Waals surface area contributed by atoms with Crippen molar-refractivity contribution < 1.29 is 14.2 Å². The molecule has 6 heterocycles. The number of anilines is 1. The van der Waals surface area contributed by atoms with E-state index in [9.17, 15) is 0 Å². The van der Waals surface area contributed by atoms with Crippen molar-refractivity contribution in [1.29, 1.82) is 0 Å². The molecule has 0 saturated carbocycles. The molecular weight excluding hydrogens is 510 g/mol. The molecule has 206 valence electrons. The molecule has 2 fully saturated rings. The Bertz CT molecular complexity index is 1640. The van der Waals surface area contributed by atoms with Gasteiger partial charge in [-0.15, -0.1) is 0 Å². The Labute approximate surface area is 231 Å². The predicted octanol–water partition coefficient (Wildman–Crippen LogP) is 3.69. The summed E-state index contributed by atoms with van der Waals surface area (Å²) in [6, 6.07) is 13.8. The number of fused-ring (bicyclic) bond motifs is 1. The van der Waals surface area contributed by atoms with Crippen LogP contribution in [0.4, 0.5) is 5.95 Å². The third-order valence-electron chi connectivity index (χ3n) is 7.36. The van der Waals surface area contributed by atoms with Crippen molar-refractivity contribution in [2.75, 3.05) is 44.9 Å². The average Bonchev–Trinajstić information content (AvgIpc) is 3.76. The summed E-state index contributed by atoms with van der Waals surface area (Å²) in [7, 11) is 1.66. The van der Waals surface area contributed by atoms with E-state index in [1.54, 1.807) is 16.3 Å². The zero-order valence-electron chi connectivity index (χ0n) is 22.6. The second-order valence-corrected chi connectivity index (χ2v) is 10.0. The lowest BCUT2D eigenvalue weighted by Gasteiger charge is -2.27. The molecule has 12 heteroatoms. The van der Waals surface area contributed by atoms with Crippen molar-refractivity contribution in [3.63, 3.8) is 0 Å². The largest absolute Gasteiger partial charge is 0.497 e. The Morgan fingerprint density at radius 3 is 2.60 bits per heavy atom. The van der Waals surface area contributed by atoms with Gasteiger partial charge in [0.25, 0.3) is 5.95 Å².